The van der Waals surface area contributed by atoms with E-state index < -0.39 is 27.7 Å². The first-order chi connectivity index (χ1) is 5.37. The van der Waals surface area contributed by atoms with Crippen LogP contribution in [0.5, 0.6) is 0 Å². The predicted molar refractivity (Wildman–Crippen MR) is 44.0 cm³/mol. The molecule has 0 fully saturated rings. The summed E-state index contributed by atoms with van der Waals surface area (Å²) in [6.07, 6.45) is 0.120. The van der Waals surface area contributed by atoms with Crippen LogP contribution in [-0.2, 0) is 0 Å². The summed E-state index contributed by atoms with van der Waals surface area (Å²) in [5.41, 5.74) is 0. The van der Waals surface area contributed by atoms with E-state index in [1.807, 2.05) is 0 Å². The average molecular weight is 216 g/mol. The van der Waals surface area contributed by atoms with Gasteiger partial charge < -0.3 is 0 Å². The molecule has 1 aliphatic rings. The smallest absolute Gasteiger partial charge is 0.222 e. The van der Waals surface area contributed by atoms with Gasteiger partial charge in [0.05, 0.1) is 0 Å². The Morgan fingerprint density at radius 3 is 2.33 bits per heavy atom. The molecule has 6 heteroatoms. The Morgan fingerprint density at radius 1 is 1.33 bits per heavy atom. The molecule has 0 nitrogen and oxygen atoms in total. The van der Waals surface area contributed by atoms with E-state index in [1.54, 1.807) is 0 Å². The normalized spacial score (nSPS) is 36.8. The van der Waals surface area contributed by atoms with Gasteiger partial charge in [0.2, 0.25) is 5.00 Å². The largest absolute Gasteiger partial charge is 0.223 e. The molecule has 0 spiro atoms. The molecular weight excluding hydrogens is 212 g/mol. The van der Waals surface area contributed by atoms with Gasteiger partial charge >= 0.3 is 0 Å². The Kier molecular flexibility index (Phi) is 2.49. The van der Waals surface area contributed by atoms with E-state index in [2.05, 4.69) is 25.3 Å². The van der Waals surface area contributed by atoms with Crippen molar-refractivity contribution in [2.75, 3.05) is 0 Å². The van der Waals surface area contributed by atoms with Crippen LogP contribution < -0.4 is 0 Å². The summed E-state index contributed by atoms with van der Waals surface area (Å²) in [5.74, 6) is -4.38. The summed E-state index contributed by atoms with van der Waals surface area (Å²) >= 11 is 6.53. The van der Waals surface area contributed by atoms with E-state index >= 15 is 0 Å². The van der Waals surface area contributed by atoms with Crippen LogP contribution in [0.3, 0.4) is 0 Å². The molecule has 1 rings (SSSR count). The van der Waals surface area contributed by atoms with Crippen LogP contribution in [0, 0.1) is 0 Å². The molecule has 2 unspecified atom stereocenters. The monoisotopic (exact) mass is 216 g/mol. The second kappa shape index (κ2) is 2.99. The highest BCUT2D eigenvalue weighted by molar-refractivity contribution is 7.86. The van der Waals surface area contributed by atoms with Gasteiger partial charge in [-0.15, -0.1) is 12.6 Å². The van der Waals surface area contributed by atoms with E-state index in [0.717, 1.165) is 0 Å². The second-order valence-electron chi connectivity index (χ2n) is 2.26. The lowest BCUT2D eigenvalue weighted by molar-refractivity contribution is 0.269. The predicted octanol–water partition coefficient (Wildman–Crippen LogP) is 2.90. The Balaban J connectivity index is 3.16. The average Bonchev–Trinajstić information content (AvgIpc) is 1.99. The van der Waals surface area contributed by atoms with Gasteiger partial charge in [-0.25, -0.2) is 17.6 Å². The zero-order valence-electron chi connectivity index (χ0n) is 5.56. The van der Waals surface area contributed by atoms with E-state index in [0.29, 0.717) is 0 Å². The number of hydrogen-bond donors (Lipinski definition) is 2. The molecule has 12 heavy (non-hydrogen) atoms. The maximum atomic E-state index is 13.0. The van der Waals surface area contributed by atoms with Crippen LogP contribution in [0.15, 0.2) is 23.6 Å². The highest BCUT2D eigenvalue weighted by atomic mass is 32.1. The summed E-state index contributed by atoms with van der Waals surface area (Å²) in [5, 5.41) is -4.71. The number of halogens is 4. The SMILES string of the molecule is FC1=CC(F)=C(F)C(S)C1(F)S. The molecule has 0 aliphatic heterocycles. The van der Waals surface area contributed by atoms with E-state index in [4.69, 9.17) is 0 Å². The zero-order valence-corrected chi connectivity index (χ0v) is 7.35. The Labute approximate surface area is 77.2 Å². The minimum atomic E-state index is -2.87. The Bertz CT molecular complexity index is 269. The molecule has 2 atom stereocenters. The van der Waals surface area contributed by atoms with Gasteiger partial charge in [-0.1, -0.05) is 0 Å². The lowest BCUT2D eigenvalue weighted by Gasteiger charge is -2.25. The van der Waals surface area contributed by atoms with Gasteiger partial charge in [0.25, 0.3) is 0 Å². The molecule has 0 saturated heterocycles. The van der Waals surface area contributed by atoms with Crippen molar-refractivity contribution in [3.63, 3.8) is 0 Å². The molecule has 68 valence electrons. The summed E-state index contributed by atoms with van der Waals surface area (Å²) in [6, 6.07) is 0. The zero-order chi connectivity index (χ0) is 9.52. The molecule has 0 heterocycles. The van der Waals surface area contributed by atoms with Gasteiger partial charge in [0.1, 0.15) is 5.25 Å². The third kappa shape index (κ3) is 1.37. The quantitative estimate of drug-likeness (QED) is 0.451. The third-order valence-corrected chi connectivity index (χ3v) is 2.68. The summed E-state index contributed by atoms with van der Waals surface area (Å²) < 4.78 is 50.5. The Hall–Kier alpha value is -0.100. The van der Waals surface area contributed by atoms with Crippen LogP contribution in [0.25, 0.3) is 0 Å². The number of rotatable bonds is 0. The molecule has 0 aromatic carbocycles. The molecule has 0 aromatic rings. The molecule has 0 bridgehead atoms. The van der Waals surface area contributed by atoms with E-state index in [-0.39, 0.29) is 6.08 Å². The van der Waals surface area contributed by atoms with Gasteiger partial charge in [-0.2, -0.15) is 12.6 Å². The fraction of sp³-hybridized carbons (Fsp3) is 0.333. The highest BCUT2D eigenvalue weighted by Crippen LogP contribution is 2.43. The van der Waals surface area contributed by atoms with Crippen molar-refractivity contribution in [1.82, 2.24) is 0 Å². The van der Waals surface area contributed by atoms with Gasteiger partial charge in [-0.05, 0) is 0 Å². The van der Waals surface area contributed by atoms with Crippen molar-refractivity contribution in [2.45, 2.75) is 10.3 Å². The van der Waals surface area contributed by atoms with Gasteiger partial charge in [-0.3, -0.25) is 0 Å². The first kappa shape index (κ1) is 9.98. The number of allylic oxidation sites excluding steroid dienone is 2. The molecule has 0 saturated carbocycles. The maximum Gasteiger partial charge on any atom is 0.222 e. The van der Waals surface area contributed by atoms with E-state index in [1.165, 1.54) is 0 Å². The van der Waals surface area contributed by atoms with Crippen LogP contribution >= 0.6 is 25.3 Å². The molecule has 0 amide bonds. The minimum absolute atomic E-state index is 0.120. The van der Waals surface area contributed by atoms with Crippen LogP contribution in [0.1, 0.15) is 0 Å². The third-order valence-electron chi connectivity index (χ3n) is 1.42. The molecule has 0 aromatic heterocycles. The van der Waals surface area contributed by atoms with Crippen molar-refractivity contribution in [3.05, 3.63) is 23.6 Å². The first-order valence-electron chi connectivity index (χ1n) is 2.89. The Morgan fingerprint density at radius 2 is 1.83 bits per heavy atom. The topological polar surface area (TPSA) is 0 Å². The second-order valence-corrected chi connectivity index (χ2v) is 3.43. The fourth-order valence-electron chi connectivity index (χ4n) is 0.711. The standard InChI is InChI=1S/C6H4F4S2/c7-2-1-3(8)6(10,12)5(11)4(2)9/h1,5,11-12H. The van der Waals surface area contributed by atoms with Crippen molar-refractivity contribution in [3.8, 4) is 0 Å². The molecular formula is C6H4F4S2. The first-order valence-corrected chi connectivity index (χ1v) is 3.86. The van der Waals surface area contributed by atoms with E-state index in [9.17, 15) is 17.6 Å². The van der Waals surface area contributed by atoms with Crippen molar-refractivity contribution in [2.24, 2.45) is 0 Å². The minimum Gasteiger partial charge on any atom is -0.223 e. The van der Waals surface area contributed by atoms with Crippen molar-refractivity contribution < 1.29 is 17.6 Å². The highest BCUT2D eigenvalue weighted by Gasteiger charge is 2.45. The fourth-order valence-corrected chi connectivity index (χ4v) is 1.14. The molecule has 0 radical (unpaired) electrons. The molecule has 0 N–H and O–H groups in total. The molecule has 1 aliphatic carbocycles. The van der Waals surface area contributed by atoms with Crippen molar-refractivity contribution in [1.29, 1.82) is 0 Å². The van der Waals surface area contributed by atoms with Gasteiger partial charge in [0.15, 0.2) is 17.5 Å². The maximum absolute atomic E-state index is 13.0. The van der Waals surface area contributed by atoms with Crippen LogP contribution in [-0.4, -0.2) is 10.3 Å². The lowest BCUT2D eigenvalue weighted by Crippen LogP contribution is -2.32. The van der Waals surface area contributed by atoms with Crippen LogP contribution in [0.4, 0.5) is 17.6 Å². The van der Waals surface area contributed by atoms with Crippen molar-refractivity contribution >= 4 is 25.3 Å². The van der Waals surface area contributed by atoms with Gasteiger partial charge in [0, 0.05) is 6.08 Å². The number of alkyl halides is 1. The number of hydrogen-bond acceptors (Lipinski definition) is 2. The summed E-state index contributed by atoms with van der Waals surface area (Å²) in [6.45, 7) is 0. The summed E-state index contributed by atoms with van der Waals surface area (Å²) in [4.78, 5) is 0. The number of thiol groups is 2. The van der Waals surface area contributed by atoms with Crippen LogP contribution in [0.2, 0.25) is 0 Å². The summed E-state index contributed by atoms with van der Waals surface area (Å²) in [7, 11) is 0. The lowest BCUT2D eigenvalue weighted by atomic mass is 10.1.